The maximum atomic E-state index is 12.5. The van der Waals surface area contributed by atoms with Crippen LogP contribution in [0, 0.1) is 13.8 Å². The van der Waals surface area contributed by atoms with E-state index < -0.39 is 5.97 Å². The zero-order chi connectivity index (χ0) is 20.6. The smallest absolute Gasteiger partial charge is 0.340 e. The van der Waals surface area contributed by atoms with Gasteiger partial charge in [-0.15, -0.1) is 0 Å². The predicted octanol–water partition coefficient (Wildman–Crippen LogP) is 3.67. The van der Waals surface area contributed by atoms with Gasteiger partial charge in [0.25, 0.3) is 5.91 Å². The lowest BCUT2D eigenvalue weighted by Gasteiger charge is -2.10. The lowest BCUT2D eigenvalue weighted by Crippen LogP contribution is -2.30. The summed E-state index contributed by atoms with van der Waals surface area (Å²) < 4.78 is 7.30. The average Bonchev–Trinajstić information content (AvgIpc) is 3.02. The van der Waals surface area contributed by atoms with Crippen molar-refractivity contribution in [1.29, 1.82) is 0 Å². The summed E-state index contributed by atoms with van der Waals surface area (Å²) in [6.07, 6.45) is 0.737. The van der Waals surface area contributed by atoms with Crippen LogP contribution in [-0.4, -0.2) is 29.6 Å². The van der Waals surface area contributed by atoms with Gasteiger partial charge in [-0.05, 0) is 37.5 Å². The number of carbonyl (C=O) groups is 2. The summed E-state index contributed by atoms with van der Waals surface area (Å²) in [4.78, 5) is 24.4. The summed E-state index contributed by atoms with van der Waals surface area (Å²) in [6, 6.07) is 21.8. The highest BCUT2D eigenvalue weighted by Gasteiger charge is 2.18. The summed E-state index contributed by atoms with van der Waals surface area (Å²) >= 11 is 0. The van der Waals surface area contributed by atoms with E-state index in [2.05, 4.69) is 22.0 Å². The largest absolute Gasteiger partial charge is 0.452 e. The molecule has 0 spiro atoms. The molecule has 0 fully saturated rings. The topological polar surface area (TPSA) is 60.3 Å². The number of benzene rings is 2. The van der Waals surface area contributed by atoms with Crippen molar-refractivity contribution in [2.75, 3.05) is 13.2 Å². The number of carbonyl (C=O) groups excluding carboxylic acids is 2. The number of hydrogen-bond donors (Lipinski definition) is 1. The van der Waals surface area contributed by atoms with Crippen LogP contribution < -0.4 is 5.32 Å². The molecule has 1 aromatic heterocycles. The van der Waals surface area contributed by atoms with Crippen LogP contribution in [0.15, 0.2) is 66.7 Å². The molecule has 0 aliphatic carbocycles. The average molecular weight is 390 g/mol. The van der Waals surface area contributed by atoms with Crippen molar-refractivity contribution in [2.24, 2.45) is 0 Å². The van der Waals surface area contributed by atoms with Crippen LogP contribution in [0.2, 0.25) is 0 Å². The lowest BCUT2D eigenvalue weighted by atomic mass is 10.1. The van der Waals surface area contributed by atoms with Crippen molar-refractivity contribution in [3.63, 3.8) is 0 Å². The Morgan fingerprint density at radius 2 is 1.55 bits per heavy atom. The lowest BCUT2D eigenvalue weighted by molar-refractivity contribution is -0.124. The quantitative estimate of drug-likeness (QED) is 0.597. The summed E-state index contributed by atoms with van der Waals surface area (Å²) in [6.45, 7) is 4.77. The zero-order valence-electron chi connectivity index (χ0n) is 16.9. The first-order valence-corrected chi connectivity index (χ1v) is 9.73. The fourth-order valence-electron chi connectivity index (χ4n) is 3.27. The molecule has 1 N–H and O–H groups in total. The third kappa shape index (κ3) is 5.57. The highest BCUT2D eigenvalue weighted by molar-refractivity contribution is 5.92. The molecule has 5 nitrogen and oxygen atoms in total. The Morgan fingerprint density at radius 3 is 2.21 bits per heavy atom. The summed E-state index contributed by atoms with van der Waals surface area (Å²) in [5.74, 6) is -0.775. The van der Waals surface area contributed by atoms with Gasteiger partial charge >= 0.3 is 5.97 Å². The fourth-order valence-corrected chi connectivity index (χ4v) is 3.27. The van der Waals surface area contributed by atoms with E-state index in [0.29, 0.717) is 18.7 Å². The van der Waals surface area contributed by atoms with Gasteiger partial charge in [-0.25, -0.2) is 4.79 Å². The summed E-state index contributed by atoms with van der Waals surface area (Å²) in [5, 5.41) is 2.78. The molecule has 29 heavy (non-hydrogen) atoms. The van der Waals surface area contributed by atoms with Crippen molar-refractivity contribution in [1.82, 2.24) is 9.88 Å². The van der Waals surface area contributed by atoms with Crippen molar-refractivity contribution < 1.29 is 14.3 Å². The van der Waals surface area contributed by atoms with Crippen LogP contribution in [0.4, 0.5) is 0 Å². The first-order chi connectivity index (χ1) is 14.0. The van der Waals surface area contributed by atoms with E-state index in [9.17, 15) is 9.59 Å². The van der Waals surface area contributed by atoms with E-state index in [1.807, 2.05) is 68.4 Å². The number of hydrogen-bond acceptors (Lipinski definition) is 3. The van der Waals surface area contributed by atoms with E-state index in [-0.39, 0.29) is 12.5 Å². The second-order valence-corrected chi connectivity index (χ2v) is 7.02. The first kappa shape index (κ1) is 20.4. The standard InChI is InChI=1S/C24H26N2O3/c1-18-15-22(19(2)26(18)16-21-11-7-4-8-12-21)24(28)29-17-23(27)25-14-13-20-9-5-3-6-10-20/h3-12,15H,13-14,16-17H2,1-2H3,(H,25,27). The fraction of sp³-hybridized carbons (Fsp3) is 0.250. The SMILES string of the molecule is Cc1cc(C(=O)OCC(=O)NCCc2ccccc2)c(C)n1Cc1ccccc1. The Balaban J connectivity index is 1.51. The second kappa shape index (κ2) is 9.73. The Bertz CT molecular complexity index is 963. The molecular weight excluding hydrogens is 364 g/mol. The van der Waals surface area contributed by atoms with E-state index in [4.69, 9.17) is 4.74 Å². The molecule has 0 saturated carbocycles. The summed E-state index contributed by atoms with van der Waals surface area (Å²) in [5.41, 5.74) is 4.62. The maximum Gasteiger partial charge on any atom is 0.340 e. The number of rotatable bonds is 8. The predicted molar refractivity (Wildman–Crippen MR) is 113 cm³/mol. The molecule has 3 aromatic rings. The molecule has 150 valence electrons. The van der Waals surface area contributed by atoms with Crippen molar-refractivity contribution in [3.8, 4) is 0 Å². The molecule has 0 bridgehead atoms. The number of esters is 1. The van der Waals surface area contributed by atoms with Crippen molar-refractivity contribution in [3.05, 3.63) is 94.8 Å². The normalized spacial score (nSPS) is 10.6. The molecule has 1 amide bonds. The second-order valence-electron chi connectivity index (χ2n) is 7.02. The summed E-state index contributed by atoms with van der Waals surface area (Å²) in [7, 11) is 0. The van der Waals surface area contributed by atoms with Gasteiger partial charge < -0.3 is 14.6 Å². The molecule has 5 heteroatoms. The van der Waals surface area contributed by atoms with Gasteiger partial charge in [0.15, 0.2) is 6.61 Å². The molecule has 0 aliphatic rings. The van der Waals surface area contributed by atoms with E-state index >= 15 is 0 Å². The molecule has 3 rings (SSSR count). The van der Waals surface area contributed by atoms with Gasteiger partial charge in [-0.3, -0.25) is 4.79 Å². The number of aryl methyl sites for hydroxylation is 1. The zero-order valence-corrected chi connectivity index (χ0v) is 16.9. The van der Waals surface area contributed by atoms with Crippen molar-refractivity contribution >= 4 is 11.9 Å². The molecule has 2 aromatic carbocycles. The van der Waals surface area contributed by atoms with Gasteiger partial charge in [0.1, 0.15) is 0 Å². The number of ether oxygens (including phenoxy) is 1. The molecule has 1 heterocycles. The van der Waals surface area contributed by atoms with Crippen LogP contribution in [-0.2, 0) is 22.5 Å². The van der Waals surface area contributed by atoms with Crippen LogP contribution in [0.3, 0.4) is 0 Å². The van der Waals surface area contributed by atoms with Crippen LogP contribution >= 0.6 is 0 Å². The van der Waals surface area contributed by atoms with Gasteiger partial charge in [0.2, 0.25) is 0 Å². The first-order valence-electron chi connectivity index (χ1n) is 9.73. The van der Waals surface area contributed by atoms with Crippen LogP contribution in [0.1, 0.15) is 32.9 Å². The Morgan fingerprint density at radius 1 is 0.931 bits per heavy atom. The van der Waals surface area contributed by atoms with Crippen LogP contribution in [0.25, 0.3) is 0 Å². The van der Waals surface area contributed by atoms with Gasteiger partial charge in [-0.1, -0.05) is 60.7 Å². The van der Waals surface area contributed by atoms with Crippen molar-refractivity contribution in [2.45, 2.75) is 26.8 Å². The number of nitrogens with one attached hydrogen (secondary N) is 1. The minimum absolute atomic E-state index is 0.282. The Hall–Kier alpha value is -3.34. The minimum atomic E-state index is -0.476. The Kier molecular flexibility index (Phi) is 6.85. The minimum Gasteiger partial charge on any atom is -0.452 e. The highest BCUT2D eigenvalue weighted by atomic mass is 16.5. The molecule has 0 aliphatic heterocycles. The molecule has 0 unspecified atom stereocenters. The van der Waals surface area contributed by atoms with Gasteiger partial charge in [-0.2, -0.15) is 0 Å². The molecule has 0 saturated heterocycles. The number of nitrogens with zero attached hydrogens (tertiary/aromatic N) is 1. The third-order valence-corrected chi connectivity index (χ3v) is 4.89. The van der Waals surface area contributed by atoms with Gasteiger partial charge in [0, 0.05) is 24.5 Å². The van der Waals surface area contributed by atoms with E-state index in [0.717, 1.165) is 28.9 Å². The monoisotopic (exact) mass is 390 g/mol. The maximum absolute atomic E-state index is 12.5. The number of amides is 1. The van der Waals surface area contributed by atoms with Crippen LogP contribution in [0.5, 0.6) is 0 Å². The van der Waals surface area contributed by atoms with E-state index in [1.54, 1.807) is 0 Å². The Labute approximate surface area is 171 Å². The molecule has 0 radical (unpaired) electrons. The highest BCUT2D eigenvalue weighted by Crippen LogP contribution is 2.18. The van der Waals surface area contributed by atoms with Gasteiger partial charge in [0.05, 0.1) is 5.56 Å². The third-order valence-electron chi connectivity index (χ3n) is 4.89. The van der Waals surface area contributed by atoms with E-state index in [1.165, 1.54) is 0 Å². The molecular formula is C24H26N2O3. The number of aromatic nitrogens is 1. The molecule has 0 atom stereocenters.